The second kappa shape index (κ2) is 11.0. The minimum atomic E-state index is -1.43. The van der Waals surface area contributed by atoms with Gasteiger partial charge in [-0.1, -0.05) is 6.07 Å². The first kappa shape index (κ1) is 30.3. The maximum atomic E-state index is 13.5. The minimum Gasteiger partial charge on any atom is -0.548 e. The molecule has 41 heavy (non-hydrogen) atoms. The van der Waals surface area contributed by atoms with Crippen LogP contribution in [0.5, 0.6) is 5.75 Å². The number of aliphatic carboxylic acids is 1. The Labute approximate surface area is 257 Å². The molecule has 4 heterocycles. The molecule has 2 aliphatic rings. The van der Waals surface area contributed by atoms with Gasteiger partial charge in [0.15, 0.2) is 5.65 Å². The Morgan fingerprint density at radius 2 is 1.88 bits per heavy atom. The number of benzene rings is 1. The third kappa shape index (κ3) is 5.25. The number of hydrogen-bond donors (Lipinski definition) is 4. The fourth-order valence-corrected chi connectivity index (χ4v) is 6.50. The number of carboxylic acids is 1. The van der Waals surface area contributed by atoms with Crippen LogP contribution in [0.4, 0.5) is 0 Å². The van der Waals surface area contributed by atoms with Crippen LogP contribution in [-0.2, 0) is 14.4 Å². The Kier molecular flexibility index (Phi) is 8.10. The van der Waals surface area contributed by atoms with Crippen molar-refractivity contribution >= 4 is 41.1 Å². The van der Waals surface area contributed by atoms with E-state index in [2.05, 4.69) is 20.7 Å². The number of rotatable bonds is 6. The zero-order chi connectivity index (χ0) is 29.1. The van der Waals surface area contributed by atoms with Crippen molar-refractivity contribution in [2.45, 2.75) is 49.0 Å². The Morgan fingerprint density at radius 1 is 1.17 bits per heavy atom. The zero-order valence-corrected chi connectivity index (χ0v) is 25.1. The van der Waals surface area contributed by atoms with Crippen molar-refractivity contribution in [1.29, 1.82) is 0 Å². The molecule has 1 unspecified atom stereocenters. The summed E-state index contributed by atoms with van der Waals surface area (Å²) in [5, 5.41) is 28.3. The maximum absolute atomic E-state index is 13.5. The van der Waals surface area contributed by atoms with Crippen LogP contribution in [0.25, 0.3) is 5.65 Å². The van der Waals surface area contributed by atoms with E-state index >= 15 is 0 Å². The van der Waals surface area contributed by atoms with Gasteiger partial charge in [-0.05, 0) is 50.1 Å². The fraction of sp³-hybridized carbons (Fsp3) is 0.320. The van der Waals surface area contributed by atoms with Crippen molar-refractivity contribution in [2.75, 3.05) is 0 Å². The molecule has 4 atom stereocenters. The van der Waals surface area contributed by atoms with Crippen LogP contribution in [0.1, 0.15) is 41.4 Å². The van der Waals surface area contributed by atoms with Crippen LogP contribution >= 0.6 is 11.8 Å². The molecule has 2 aliphatic heterocycles. The molecule has 4 N–H and O–H groups in total. The van der Waals surface area contributed by atoms with Crippen molar-refractivity contribution in [2.24, 2.45) is 0 Å². The van der Waals surface area contributed by atoms with Crippen molar-refractivity contribution in [3.63, 3.8) is 0 Å². The number of H-pyrrole nitrogens is 1. The molecule has 2 aromatic heterocycles. The number of aromatic hydroxyl groups is 1. The van der Waals surface area contributed by atoms with Crippen LogP contribution in [0.3, 0.4) is 0 Å². The number of aryl methyl sites for hydroxylation is 1. The molecule has 3 amide bonds. The predicted molar refractivity (Wildman–Crippen MR) is 138 cm³/mol. The first-order chi connectivity index (χ1) is 18.8. The number of aromatic nitrogens is 3. The summed E-state index contributed by atoms with van der Waals surface area (Å²) in [6.07, 6.45) is 1.01. The van der Waals surface area contributed by atoms with E-state index in [1.165, 1.54) is 36.0 Å². The Morgan fingerprint density at radius 3 is 2.54 bits per heavy atom. The molecule has 0 radical (unpaired) electrons. The molecule has 2 fully saturated rings. The van der Waals surface area contributed by atoms with Crippen molar-refractivity contribution in [3.05, 3.63) is 73.9 Å². The van der Waals surface area contributed by atoms with E-state index in [0.717, 1.165) is 21.7 Å². The van der Waals surface area contributed by atoms with Gasteiger partial charge in [0.05, 0.1) is 12.0 Å². The molecule has 0 saturated carbocycles. The summed E-state index contributed by atoms with van der Waals surface area (Å²) in [6.45, 7) is 4.90. The number of β-lactam (4-membered cyclic amide) rings is 1. The average Bonchev–Trinajstić information content (AvgIpc) is 3.15. The van der Waals surface area contributed by atoms with Gasteiger partial charge in [0.1, 0.15) is 28.8 Å². The second-order valence-corrected chi connectivity index (χ2v) is 11.8. The minimum absolute atomic E-state index is 0. The maximum Gasteiger partial charge on any atom is 1.00 e. The molecule has 5 rings (SSSR count). The number of carbonyl (C=O) groups is 4. The summed E-state index contributed by atoms with van der Waals surface area (Å²) in [6, 6.07) is 2.95. The quantitative estimate of drug-likeness (QED) is 0.159. The third-order valence-corrected chi connectivity index (χ3v) is 8.46. The standard InChI is InChI=1S/C25H24N6O8S.Na/c1-10-8-11(4-5-13(10)32)16(27-19(34)12-9-26-14-6-7-15(33)29-31(14)21(12)36)20(35)28-17-22(37)30-18(24(38)39)25(2,3)40-23(17)30;/h4-9,16-18,23,32H,1-3H3,(H,27,34)(H,28,35)(H,29,33)(H,38,39);/q;+1/p-1/t16?,17-,18+,23-;/m1./s1. The van der Waals surface area contributed by atoms with Crippen molar-refractivity contribution < 1.29 is 58.9 Å². The topological polar surface area (TPSA) is 206 Å². The summed E-state index contributed by atoms with van der Waals surface area (Å²) in [4.78, 5) is 81.1. The molecule has 208 valence electrons. The number of aromatic amines is 1. The van der Waals surface area contributed by atoms with Crippen LogP contribution in [0.15, 0.2) is 46.1 Å². The Hall–Kier alpha value is -3.66. The molecule has 14 nitrogen and oxygen atoms in total. The van der Waals surface area contributed by atoms with Gasteiger partial charge in [-0.15, -0.1) is 11.8 Å². The largest absolute Gasteiger partial charge is 1.00 e. The van der Waals surface area contributed by atoms with E-state index < -0.39 is 68.6 Å². The number of fused-ring (bicyclic) bond motifs is 2. The number of carboxylic acid groups (broad SMARTS) is 1. The van der Waals surface area contributed by atoms with E-state index in [0.29, 0.717) is 5.56 Å². The summed E-state index contributed by atoms with van der Waals surface area (Å²) in [5.41, 5.74) is -1.24. The first-order valence-electron chi connectivity index (χ1n) is 12.0. The van der Waals surface area contributed by atoms with Crippen molar-refractivity contribution in [1.82, 2.24) is 30.1 Å². The molecule has 3 aromatic rings. The zero-order valence-electron chi connectivity index (χ0n) is 22.3. The van der Waals surface area contributed by atoms with Gasteiger partial charge in [0.25, 0.3) is 17.0 Å². The number of hydrogen-bond acceptors (Lipinski definition) is 10. The molecular formula is C25H23N6NaO8S. The number of nitrogens with one attached hydrogen (secondary N) is 3. The number of phenolic OH excluding ortho intramolecular Hbond substituents is 1. The Bertz CT molecular complexity index is 1720. The molecule has 0 spiro atoms. The predicted octanol–water partition coefficient (Wildman–Crippen LogP) is -4.83. The normalized spacial score (nSPS) is 21.3. The molecule has 16 heteroatoms. The van der Waals surface area contributed by atoms with E-state index in [9.17, 15) is 39.0 Å². The Balaban J connectivity index is 0.00000387. The monoisotopic (exact) mass is 590 g/mol. The summed E-state index contributed by atoms with van der Waals surface area (Å²) >= 11 is 1.20. The number of amides is 3. The number of phenols is 1. The molecule has 1 aromatic carbocycles. The van der Waals surface area contributed by atoms with Gasteiger partial charge in [0.2, 0.25) is 11.8 Å². The third-order valence-electron chi connectivity index (χ3n) is 6.89. The molecular weight excluding hydrogens is 567 g/mol. The van der Waals surface area contributed by atoms with Crippen LogP contribution in [-0.4, -0.2) is 70.5 Å². The van der Waals surface area contributed by atoms with Gasteiger partial charge in [-0.25, -0.2) is 4.98 Å². The van der Waals surface area contributed by atoms with Crippen molar-refractivity contribution in [3.8, 4) is 5.75 Å². The number of nitrogens with zero attached hydrogens (tertiary/aromatic N) is 3. The second-order valence-electron chi connectivity index (χ2n) is 10.00. The summed E-state index contributed by atoms with van der Waals surface area (Å²) < 4.78 is -0.0714. The van der Waals surface area contributed by atoms with E-state index in [1.807, 2.05) is 0 Å². The van der Waals surface area contributed by atoms with Gasteiger partial charge >= 0.3 is 29.6 Å². The van der Waals surface area contributed by atoms with Crippen LogP contribution in [0.2, 0.25) is 0 Å². The fourth-order valence-electron chi connectivity index (χ4n) is 4.88. The number of thioether (sulfide) groups is 1. The SMILES string of the molecule is Cc1cc(C(NC(=O)c2cnc3ccc(=O)[nH]n3c2=O)C(=O)N[C@@H]2C(=O)N3[C@@H]2SC(C)(C)[C@@H]3C(=O)[O-])ccc1O.[Na+]. The van der Waals surface area contributed by atoms with E-state index in [4.69, 9.17) is 0 Å². The van der Waals surface area contributed by atoms with Crippen LogP contribution in [0, 0.1) is 6.92 Å². The average molecular weight is 591 g/mol. The summed E-state index contributed by atoms with van der Waals surface area (Å²) in [5.74, 6) is -3.87. The van der Waals surface area contributed by atoms with E-state index in [-0.39, 0.29) is 46.5 Å². The van der Waals surface area contributed by atoms with E-state index in [1.54, 1.807) is 20.8 Å². The molecule has 2 saturated heterocycles. The van der Waals surface area contributed by atoms with Gasteiger partial charge < -0.3 is 30.5 Å². The first-order valence-corrected chi connectivity index (χ1v) is 12.9. The molecule has 0 bridgehead atoms. The van der Waals surface area contributed by atoms with Gasteiger partial charge in [0, 0.05) is 17.0 Å². The smallest absolute Gasteiger partial charge is 0.548 e. The van der Waals surface area contributed by atoms with Gasteiger partial charge in [-0.2, -0.15) is 4.52 Å². The summed E-state index contributed by atoms with van der Waals surface area (Å²) in [7, 11) is 0. The van der Waals surface area contributed by atoms with Crippen LogP contribution < -0.4 is 56.4 Å². The molecule has 0 aliphatic carbocycles. The van der Waals surface area contributed by atoms with Gasteiger partial charge in [-0.3, -0.25) is 29.1 Å². The number of carbonyl (C=O) groups excluding carboxylic acids is 4.